The lowest BCUT2D eigenvalue weighted by Crippen LogP contribution is -2.38. The molecule has 0 saturated carbocycles. The lowest BCUT2D eigenvalue weighted by Gasteiger charge is -2.30. The first-order chi connectivity index (χ1) is 12.5. The molecule has 0 atom stereocenters. The predicted molar refractivity (Wildman–Crippen MR) is 105 cm³/mol. The van der Waals surface area contributed by atoms with Gasteiger partial charge in [-0.2, -0.15) is 0 Å². The lowest BCUT2D eigenvalue weighted by atomic mass is 9.98. The minimum absolute atomic E-state index is 0.0126. The quantitative estimate of drug-likeness (QED) is 0.890. The van der Waals surface area contributed by atoms with Gasteiger partial charge in [0, 0.05) is 29.9 Å². The van der Waals surface area contributed by atoms with E-state index in [0.29, 0.717) is 17.0 Å². The number of likely N-dealkylation sites (tertiary alicyclic amines) is 1. The summed E-state index contributed by atoms with van der Waals surface area (Å²) >= 11 is 0. The molecule has 1 heterocycles. The topological polar surface area (TPSA) is 49.4 Å². The van der Waals surface area contributed by atoms with E-state index in [1.807, 2.05) is 36.9 Å². The van der Waals surface area contributed by atoms with Crippen LogP contribution < -0.4 is 5.32 Å². The Kier molecular flexibility index (Phi) is 5.40. The van der Waals surface area contributed by atoms with Gasteiger partial charge >= 0.3 is 0 Å². The van der Waals surface area contributed by atoms with E-state index in [9.17, 15) is 9.59 Å². The van der Waals surface area contributed by atoms with Gasteiger partial charge in [0.2, 0.25) is 0 Å². The molecule has 1 aliphatic rings. The maximum Gasteiger partial charge on any atom is 0.255 e. The van der Waals surface area contributed by atoms with Gasteiger partial charge in [0.05, 0.1) is 0 Å². The van der Waals surface area contributed by atoms with E-state index in [2.05, 4.69) is 12.2 Å². The largest absolute Gasteiger partial charge is 0.339 e. The number of carbonyl (C=O) groups is 2. The summed E-state index contributed by atoms with van der Waals surface area (Å²) in [6.07, 6.45) is 2.08. The van der Waals surface area contributed by atoms with Crippen LogP contribution in [0.2, 0.25) is 0 Å². The van der Waals surface area contributed by atoms with Gasteiger partial charge in [-0.1, -0.05) is 31.2 Å². The number of carbonyl (C=O) groups excluding carboxylic acids is 2. The molecule has 4 heteroatoms. The summed E-state index contributed by atoms with van der Waals surface area (Å²) in [6, 6.07) is 12.9. The molecule has 2 amide bonds. The molecule has 1 aliphatic heterocycles. The predicted octanol–water partition coefficient (Wildman–Crippen LogP) is 4.43. The van der Waals surface area contributed by atoms with E-state index >= 15 is 0 Å². The fourth-order valence-corrected chi connectivity index (χ4v) is 3.39. The number of amides is 2. The van der Waals surface area contributed by atoms with Crippen LogP contribution in [0.3, 0.4) is 0 Å². The van der Waals surface area contributed by atoms with Crippen molar-refractivity contribution in [1.29, 1.82) is 0 Å². The number of para-hydroxylation sites is 1. The maximum absolute atomic E-state index is 12.7. The summed E-state index contributed by atoms with van der Waals surface area (Å²) in [7, 11) is 0. The number of piperidine rings is 1. The molecule has 26 heavy (non-hydrogen) atoms. The van der Waals surface area contributed by atoms with Crippen molar-refractivity contribution < 1.29 is 9.59 Å². The van der Waals surface area contributed by atoms with Crippen molar-refractivity contribution in [3.63, 3.8) is 0 Å². The van der Waals surface area contributed by atoms with Crippen molar-refractivity contribution in [3.8, 4) is 0 Å². The number of benzene rings is 2. The fourth-order valence-electron chi connectivity index (χ4n) is 3.39. The summed E-state index contributed by atoms with van der Waals surface area (Å²) in [6.45, 7) is 7.75. The highest BCUT2D eigenvalue weighted by Crippen LogP contribution is 2.21. The zero-order valence-electron chi connectivity index (χ0n) is 15.7. The molecule has 2 aromatic carbocycles. The lowest BCUT2D eigenvalue weighted by molar-refractivity contribution is 0.0697. The van der Waals surface area contributed by atoms with Crippen molar-refractivity contribution in [2.45, 2.75) is 33.6 Å². The average Bonchev–Trinajstić information content (AvgIpc) is 2.65. The Bertz CT molecular complexity index is 800. The van der Waals surface area contributed by atoms with Crippen LogP contribution in [0, 0.1) is 19.8 Å². The van der Waals surface area contributed by atoms with Gasteiger partial charge in [-0.15, -0.1) is 0 Å². The molecule has 4 nitrogen and oxygen atoms in total. The number of nitrogens with zero attached hydrogens (tertiary/aromatic N) is 1. The van der Waals surface area contributed by atoms with Gasteiger partial charge in [-0.3, -0.25) is 9.59 Å². The molecule has 0 unspecified atom stereocenters. The van der Waals surface area contributed by atoms with E-state index < -0.39 is 0 Å². The smallest absolute Gasteiger partial charge is 0.255 e. The highest BCUT2D eigenvalue weighted by Gasteiger charge is 2.22. The van der Waals surface area contributed by atoms with Crippen LogP contribution in [0.25, 0.3) is 0 Å². The first-order valence-corrected chi connectivity index (χ1v) is 9.22. The van der Waals surface area contributed by atoms with Crippen molar-refractivity contribution in [2.75, 3.05) is 18.4 Å². The number of aryl methyl sites for hydroxylation is 2. The van der Waals surface area contributed by atoms with Crippen LogP contribution in [0.15, 0.2) is 42.5 Å². The summed E-state index contributed by atoms with van der Waals surface area (Å²) in [5.74, 6) is 0.497. The van der Waals surface area contributed by atoms with Gasteiger partial charge in [0.1, 0.15) is 0 Å². The van der Waals surface area contributed by atoms with Crippen LogP contribution in [0.1, 0.15) is 51.6 Å². The maximum atomic E-state index is 12.7. The zero-order chi connectivity index (χ0) is 18.7. The zero-order valence-corrected chi connectivity index (χ0v) is 15.7. The molecule has 136 valence electrons. The molecule has 0 aromatic heterocycles. The van der Waals surface area contributed by atoms with Gasteiger partial charge in [0.15, 0.2) is 0 Å². The Balaban J connectivity index is 1.76. The van der Waals surface area contributed by atoms with Gasteiger partial charge < -0.3 is 10.2 Å². The number of hydrogen-bond acceptors (Lipinski definition) is 2. The van der Waals surface area contributed by atoms with Crippen molar-refractivity contribution in [3.05, 3.63) is 64.7 Å². The van der Waals surface area contributed by atoms with E-state index in [1.165, 1.54) is 0 Å². The summed E-state index contributed by atoms with van der Waals surface area (Å²) in [4.78, 5) is 27.3. The van der Waals surface area contributed by atoms with Crippen LogP contribution in [-0.2, 0) is 0 Å². The molecule has 1 saturated heterocycles. The number of hydrogen-bond donors (Lipinski definition) is 1. The number of nitrogens with one attached hydrogen (secondary N) is 1. The van der Waals surface area contributed by atoms with Crippen molar-refractivity contribution in [2.24, 2.45) is 5.92 Å². The monoisotopic (exact) mass is 350 g/mol. The standard InChI is InChI=1S/C22H26N2O2/c1-15-10-12-24(13-11-15)22(26)19-9-5-8-18(14-19)21(25)23-20-16(2)6-4-7-17(20)3/h4-9,14-15H,10-13H2,1-3H3,(H,23,25). The van der Waals surface area contributed by atoms with E-state index in [-0.39, 0.29) is 11.8 Å². The first kappa shape index (κ1) is 18.2. The van der Waals surface area contributed by atoms with Crippen LogP contribution in [0.4, 0.5) is 5.69 Å². The minimum Gasteiger partial charge on any atom is -0.339 e. The normalized spacial score (nSPS) is 15.0. The van der Waals surface area contributed by atoms with Crippen LogP contribution in [0.5, 0.6) is 0 Å². The second-order valence-electron chi connectivity index (χ2n) is 7.28. The molecule has 0 bridgehead atoms. The molecule has 0 radical (unpaired) electrons. The molecule has 0 aliphatic carbocycles. The Morgan fingerprint density at radius 2 is 1.54 bits per heavy atom. The van der Waals surface area contributed by atoms with E-state index in [0.717, 1.165) is 42.7 Å². The van der Waals surface area contributed by atoms with Crippen LogP contribution in [-0.4, -0.2) is 29.8 Å². The summed E-state index contributed by atoms with van der Waals surface area (Å²) in [5, 5.41) is 2.98. The van der Waals surface area contributed by atoms with Crippen molar-refractivity contribution >= 4 is 17.5 Å². The Hall–Kier alpha value is -2.62. The fraction of sp³-hybridized carbons (Fsp3) is 0.364. The molecule has 1 fully saturated rings. The average molecular weight is 350 g/mol. The third kappa shape index (κ3) is 3.96. The first-order valence-electron chi connectivity index (χ1n) is 9.22. The van der Waals surface area contributed by atoms with Crippen LogP contribution >= 0.6 is 0 Å². The molecular weight excluding hydrogens is 324 g/mol. The van der Waals surface area contributed by atoms with Gasteiger partial charge in [-0.25, -0.2) is 0 Å². The Morgan fingerprint density at radius 1 is 0.962 bits per heavy atom. The summed E-state index contributed by atoms with van der Waals surface area (Å²) in [5.41, 5.74) is 3.96. The molecule has 0 spiro atoms. The minimum atomic E-state index is -0.190. The van der Waals surface area contributed by atoms with Crippen molar-refractivity contribution in [1.82, 2.24) is 4.90 Å². The SMILES string of the molecule is Cc1cccc(C)c1NC(=O)c1cccc(C(=O)N2CCC(C)CC2)c1. The Labute approximate surface area is 155 Å². The summed E-state index contributed by atoms with van der Waals surface area (Å²) < 4.78 is 0. The third-order valence-corrected chi connectivity index (χ3v) is 5.16. The van der Waals surface area contributed by atoms with E-state index in [4.69, 9.17) is 0 Å². The molecular formula is C22H26N2O2. The second kappa shape index (κ2) is 7.73. The number of rotatable bonds is 3. The molecule has 2 aromatic rings. The second-order valence-corrected chi connectivity index (χ2v) is 7.28. The Morgan fingerprint density at radius 3 is 2.19 bits per heavy atom. The van der Waals surface area contributed by atoms with Gasteiger partial charge in [-0.05, 0) is 61.9 Å². The van der Waals surface area contributed by atoms with E-state index in [1.54, 1.807) is 24.3 Å². The highest BCUT2D eigenvalue weighted by molar-refractivity contribution is 6.06. The molecule has 3 rings (SSSR count). The molecule has 1 N–H and O–H groups in total. The van der Waals surface area contributed by atoms with Gasteiger partial charge in [0.25, 0.3) is 11.8 Å². The third-order valence-electron chi connectivity index (χ3n) is 5.16. The highest BCUT2D eigenvalue weighted by atomic mass is 16.2. The number of anilines is 1.